The molecule has 0 unspecified atom stereocenters. The second kappa shape index (κ2) is 9.48. The fourth-order valence-electron chi connectivity index (χ4n) is 2.49. The molecule has 0 saturated carbocycles. The lowest BCUT2D eigenvalue weighted by Gasteiger charge is -2.20. The number of rotatable bonds is 9. The van der Waals surface area contributed by atoms with Crippen LogP contribution in [-0.4, -0.2) is 45.1 Å². The van der Waals surface area contributed by atoms with Crippen LogP contribution in [-0.2, 0) is 27.8 Å². The second-order valence-corrected chi connectivity index (χ2v) is 8.05. The topological polar surface area (TPSA) is 75.7 Å². The van der Waals surface area contributed by atoms with Gasteiger partial charge in [0.1, 0.15) is 11.6 Å². The Morgan fingerprint density at radius 3 is 2.41 bits per heavy atom. The molecular weight excluding hydrogens is 371 g/mol. The third-order valence-corrected chi connectivity index (χ3v) is 5.23. The maximum Gasteiger partial charge on any atom is 0.224 e. The molecule has 0 saturated heterocycles. The smallest absolute Gasteiger partial charge is 0.224 e. The van der Waals surface area contributed by atoms with Crippen LogP contribution >= 0.6 is 0 Å². The number of sulfonamides is 1. The van der Waals surface area contributed by atoms with Crippen molar-refractivity contribution >= 4 is 15.9 Å². The molecule has 2 aromatic carbocycles. The summed E-state index contributed by atoms with van der Waals surface area (Å²) in [7, 11) is -1.89. The summed E-state index contributed by atoms with van der Waals surface area (Å²) >= 11 is 0. The minimum atomic E-state index is -3.45. The Morgan fingerprint density at radius 2 is 1.81 bits per heavy atom. The van der Waals surface area contributed by atoms with Gasteiger partial charge in [-0.3, -0.25) is 4.79 Å². The lowest BCUT2D eigenvalue weighted by Crippen LogP contribution is -2.38. The van der Waals surface area contributed by atoms with Gasteiger partial charge >= 0.3 is 0 Å². The quantitative estimate of drug-likeness (QED) is 0.705. The first-order valence-electron chi connectivity index (χ1n) is 8.38. The Hall–Kier alpha value is -2.45. The summed E-state index contributed by atoms with van der Waals surface area (Å²) in [6, 6.07) is 13.1. The van der Waals surface area contributed by atoms with Crippen LogP contribution in [0.15, 0.2) is 48.5 Å². The number of hydrogen-bond donors (Lipinski definition) is 1. The van der Waals surface area contributed by atoms with E-state index in [1.54, 1.807) is 49.6 Å². The summed E-state index contributed by atoms with van der Waals surface area (Å²) in [4.78, 5) is 12.0. The van der Waals surface area contributed by atoms with E-state index in [0.717, 1.165) is 11.8 Å². The molecule has 8 heteroatoms. The summed E-state index contributed by atoms with van der Waals surface area (Å²) < 4.78 is 44.0. The largest absolute Gasteiger partial charge is 0.497 e. The highest BCUT2D eigenvalue weighted by molar-refractivity contribution is 7.88. The van der Waals surface area contributed by atoms with Crippen molar-refractivity contribution in [2.24, 2.45) is 0 Å². The molecule has 0 aliphatic heterocycles. The molecule has 1 amide bonds. The molecule has 2 rings (SSSR count). The highest BCUT2D eigenvalue weighted by Gasteiger charge is 2.17. The molecule has 0 aromatic heterocycles. The van der Waals surface area contributed by atoms with Crippen LogP contribution in [0.2, 0.25) is 0 Å². The Bertz CT molecular complexity index is 870. The predicted octanol–water partition coefficient (Wildman–Crippen LogP) is 1.95. The molecule has 0 radical (unpaired) electrons. The molecule has 0 aliphatic carbocycles. The average molecular weight is 394 g/mol. The number of nitrogens with zero attached hydrogens (tertiary/aromatic N) is 1. The van der Waals surface area contributed by atoms with Crippen molar-refractivity contribution in [1.82, 2.24) is 9.62 Å². The average Bonchev–Trinajstić information content (AvgIpc) is 2.62. The highest BCUT2D eigenvalue weighted by Crippen LogP contribution is 2.14. The molecule has 2 aromatic rings. The van der Waals surface area contributed by atoms with Crippen LogP contribution in [0.25, 0.3) is 0 Å². The number of carbonyl (C=O) groups is 1. The molecule has 0 spiro atoms. The van der Waals surface area contributed by atoms with E-state index >= 15 is 0 Å². The van der Waals surface area contributed by atoms with Crippen molar-refractivity contribution in [2.45, 2.75) is 13.0 Å². The molecule has 6 nitrogen and oxygen atoms in total. The highest BCUT2D eigenvalue weighted by atomic mass is 32.2. The Labute approximate surface area is 159 Å². The standard InChI is InChI=1S/C19H23FN2O4S/c1-26-17-9-7-15(8-10-17)14-22(27(2,24)25)12-11-21-19(23)13-16-5-3-4-6-18(16)20/h3-10H,11-14H2,1-2H3,(H,21,23). The van der Waals surface area contributed by atoms with Gasteiger partial charge in [-0.15, -0.1) is 0 Å². The number of halogens is 1. The van der Waals surface area contributed by atoms with E-state index in [1.165, 1.54) is 10.4 Å². The van der Waals surface area contributed by atoms with Crippen LogP contribution in [0.3, 0.4) is 0 Å². The van der Waals surface area contributed by atoms with Gasteiger partial charge in [0, 0.05) is 19.6 Å². The lowest BCUT2D eigenvalue weighted by atomic mass is 10.1. The monoisotopic (exact) mass is 394 g/mol. The fraction of sp³-hybridized carbons (Fsp3) is 0.316. The normalized spacial score (nSPS) is 11.4. The SMILES string of the molecule is COc1ccc(CN(CCNC(=O)Cc2ccccc2F)S(C)(=O)=O)cc1. The third kappa shape index (κ3) is 6.65. The van der Waals surface area contributed by atoms with Crippen molar-refractivity contribution in [3.63, 3.8) is 0 Å². The molecule has 27 heavy (non-hydrogen) atoms. The number of methoxy groups -OCH3 is 1. The van der Waals surface area contributed by atoms with Crippen LogP contribution in [0, 0.1) is 5.82 Å². The van der Waals surface area contributed by atoms with Crippen molar-refractivity contribution < 1.29 is 22.3 Å². The second-order valence-electron chi connectivity index (χ2n) is 6.06. The molecule has 1 N–H and O–H groups in total. The van der Waals surface area contributed by atoms with Gasteiger partial charge in [0.2, 0.25) is 15.9 Å². The van der Waals surface area contributed by atoms with Gasteiger partial charge in [0.15, 0.2) is 0 Å². The van der Waals surface area contributed by atoms with E-state index in [9.17, 15) is 17.6 Å². The number of hydrogen-bond acceptors (Lipinski definition) is 4. The van der Waals surface area contributed by atoms with E-state index in [4.69, 9.17) is 4.74 Å². The van der Waals surface area contributed by atoms with Gasteiger partial charge in [-0.05, 0) is 29.3 Å². The Kier molecular flexibility index (Phi) is 7.32. The van der Waals surface area contributed by atoms with Crippen LogP contribution < -0.4 is 10.1 Å². The predicted molar refractivity (Wildman–Crippen MR) is 101 cm³/mol. The fourth-order valence-corrected chi connectivity index (χ4v) is 3.30. The molecule has 0 fully saturated rings. The van der Waals surface area contributed by atoms with E-state index < -0.39 is 15.8 Å². The van der Waals surface area contributed by atoms with Crippen molar-refractivity contribution in [3.05, 3.63) is 65.5 Å². The van der Waals surface area contributed by atoms with Gasteiger partial charge in [0.25, 0.3) is 0 Å². The molecule has 0 atom stereocenters. The van der Waals surface area contributed by atoms with Crippen molar-refractivity contribution in [1.29, 1.82) is 0 Å². The van der Waals surface area contributed by atoms with Crippen LogP contribution in [0.1, 0.15) is 11.1 Å². The zero-order chi connectivity index (χ0) is 19.9. The van der Waals surface area contributed by atoms with Gasteiger partial charge in [0.05, 0.1) is 19.8 Å². The van der Waals surface area contributed by atoms with Crippen molar-refractivity contribution in [3.8, 4) is 5.75 Å². The maximum atomic E-state index is 13.6. The first-order valence-corrected chi connectivity index (χ1v) is 10.2. The van der Waals surface area contributed by atoms with Gasteiger partial charge in [-0.25, -0.2) is 12.8 Å². The van der Waals surface area contributed by atoms with Crippen LogP contribution in [0.5, 0.6) is 5.75 Å². The molecule has 0 heterocycles. The summed E-state index contributed by atoms with van der Waals surface area (Å²) in [6.07, 6.45) is 1.03. The Balaban J connectivity index is 1.90. The first kappa shape index (κ1) is 20.9. The molecular formula is C19H23FN2O4S. The Morgan fingerprint density at radius 1 is 1.15 bits per heavy atom. The zero-order valence-electron chi connectivity index (χ0n) is 15.3. The zero-order valence-corrected chi connectivity index (χ0v) is 16.1. The molecule has 146 valence electrons. The number of nitrogens with one attached hydrogen (secondary N) is 1. The van der Waals surface area contributed by atoms with Gasteiger partial charge in [-0.2, -0.15) is 4.31 Å². The van der Waals surface area contributed by atoms with E-state index in [2.05, 4.69) is 5.32 Å². The number of ether oxygens (including phenoxy) is 1. The maximum absolute atomic E-state index is 13.6. The van der Waals surface area contributed by atoms with Crippen LogP contribution in [0.4, 0.5) is 4.39 Å². The minimum Gasteiger partial charge on any atom is -0.497 e. The minimum absolute atomic E-state index is 0.0932. The summed E-state index contributed by atoms with van der Waals surface area (Å²) in [5.41, 5.74) is 1.10. The van der Waals surface area contributed by atoms with E-state index in [-0.39, 0.29) is 32.0 Å². The third-order valence-electron chi connectivity index (χ3n) is 3.98. The number of benzene rings is 2. The summed E-state index contributed by atoms with van der Waals surface area (Å²) in [6.45, 7) is 0.441. The van der Waals surface area contributed by atoms with Gasteiger partial charge < -0.3 is 10.1 Å². The van der Waals surface area contributed by atoms with Gasteiger partial charge in [-0.1, -0.05) is 30.3 Å². The number of carbonyl (C=O) groups excluding carboxylic acids is 1. The lowest BCUT2D eigenvalue weighted by molar-refractivity contribution is -0.120. The first-order chi connectivity index (χ1) is 12.8. The van der Waals surface area contributed by atoms with E-state index in [0.29, 0.717) is 11.3 Å². The molecule has 0 aliphatic rings. The summed E-state index contributed by atoms with van der Waals surface area (Å²) in [5.74, 6) is -0.118. The van der Waals surface area contributed by atoms with Crippen molar-refractivity contribution in [2.75, 3.05) is 26.5 Å². The van der Waals surface area contributed by atoms with E-state index in [1.807, 2.05) is 0 Å². The number of amides is 1. The molecule has 0 bridgehead atoms. The summed E-state index contributed by atoms with van der Waals surface area (Å²) in [5, 5.41) is 2.63.